The molecule has 1 rings (SSSR count). The van der Waals surface area contributed by atoms with Gasteiger partial charge in [-0.15, -0.1) is 0 Å². The Bertz CT molecular complexity index is 569. The summed E-state index contributed by atoms with van der Waals surface area (Å²) < 4.78 is 11.7. The predicted octanol–water partition coefficient (Wildman–Crippen LogP) is 2.09. The van der Waals surface area contributed by atoms with Gasteiger partial charge in [0.25, 0.3) is 0 Å². The smallest absolute Gasteiger partial charge is 0.420 e. The minimum absolute atomic E-state index is 0.203. The van der Waals surface area contributed by atoms with E-state index in [0.29, 0.717) is 5.69 Å². The molecule has 1 aromatic heterocycles. The summed E-state index contributed by atoms with van der Waals surface area (Å²) in [7, 11) is 0. The van der Waals surface area contributed by atoms with Crippen LogP contribution in [0.1, 0.15) is 47.2 Å². The number of ether oxygens (including phenoxy) is 2. The van der Waals surface area contributed by atoms with Crippen molar-refractivity contribution in [2.45, 2.75) is 65.2 Å². The Morgan fingerprint density at radius 3 is 2.29 bits per heavy atom. The Kier molecular flexibility index (Phi) is 6.36. The number of aromatic nitrogens is 2. The average molecular weight is 341 g/mol. The van der Waals surface area contributed by atoms with Crippen molar-refractivity contribution >= 4 is 12.2 Å². The third-order valence-electron chi connectivity index (χ3n) is 2.70. The molecule has 0 aliphatic carbocycles. The maximum Gasteiger partial charge on any atom is 0.420 e. The van der Waals surface area contributed by atoms with Crippen LogP contribution in [-0.4, -0.2) is 50.7 Å². The molecule has 8 nitrogen and oxygen atoms in total. The second kappa shape index (κ2) is 7.65. The fourth-order valence-corrected chi connectivity index (χ4v) is 1.84. The van der Waals surface area contributed by atoms with Crippen molar-refractivity contribution < 1.29 is 24.2 Å². The zero-order chi connectivity index (χ0) is 18.5. The molecule has 1 aromatic rings. The molecule has 0 saturated carbocycles. The second-order valence-corrected chi connectivity index (χ2v) is 7.47. The van der Waals surface area contributed by atoms with E-state index in [4.69, 9.17) is 9.47 Å². The van der Waals surface area contributed by atoms with Gasteiger partial charge in [0.05, 0.1) is 18.3 Å². The van der Waals surface area contributed by atoms with Gasteiger partial charge < -0.3 is 19.9 Å². The molecular weight excluding hydrogens is 314 g/mol. The van der Waals surface area contributed by atoms with E-state index in [2.05, 4.69) is 10.3 Å². The van der Waals surface area contributed by atoms with Gasteiger partial charge in [0.1, 0.15) is 17.5 Å². The van der Waals surface area contributed by atoms with Gasteiger partial charge in [0, 0.05) is 12.6 Å². The van der Waals surface area contributed by atoms with E-state index in [0.717, 1.165) is 0 Å². The number of alkyl carbamates (subject to hydrolysis) is 1. The number of hydrogen-bond donors (Lipinski definition) is 2. The summed E-state index contributed by atoms with van der Waals surface area (Å²) in [6.07, 6.45) is 1.83. The van der Waals surface area contributed by atoms with Crippen LogP contribution in [0.2, 0.25) is 0 Å². The lowest BCUT2D eigenvalue weighted by atomic mass is 10.1. The van der Waals surface area contributed by atoms with E-state index < -0.39 is 29.4 Å². The molecule has 0 aliphatic heterocycles. The molecular formula is C16H27N3O5. The van der Waals surface area contributed by atoms with E-state index >= 15 is 0 Å². The molecule has 0 bridgehead atoms. The number of nitrogens with zero attached hydrogens (tertiary/aromatic N) is 2. The fourth-order valence-electron chi connectivity index (χ4n) is 1.84. The molecule has 2 N–H and O–H groups in total. The molecule has 0 fully saturated rings. The lowest BCUT2D eigenvalue weighted by molar-refractivity contribution is 0.0482. The van der Waals surface area contributed by atoms with Crippen LogP contribution in [-0.2, 0) is 15.9 Å². The number of rotatable bonds is 4. The van der Waals surface area contributed by atoms with Crippen molar-refractivity contribution in [1.82, 2.24) is 14.9 Å². The van der Waals surface area contributed by atoms with Gasteiger partial charge in [0.15, 0.2) is 0 Å². The third kappa shape index (κ3) is 6.99. The standard InChI is InChI=1S/C16H27N3O5/c1-15(2,3)23-13(21)18-11(9-20)7-12-8-17-10-19(12)14(22)24-16(4,5)6/h8,10-11,20H,7,9H2,1-6H3,(H,18,21). The number of amides is 1. The van der Waals surface area contributed by atoms with E-state index in [9.17, 15) is 14.7 Å². The van der Waals surface area contributed by atoms with E-state index in [-0.39, 0.29) is 13.0 Å². The third-order valence-corrected chi connectivity index (χ3v) is 2.70. The Balaban J connectivity index is 2.75. The summed E-state index contributed by atoms with van der Waals surface area (Å²) in [5.41, 5.74) is -0.758. The Morgan fingerprint density at radius 2 is 1.79 bits per heavy atom. The lowest BCUT2D eigenvalue weighted by Gasteiger charge is -2.23. The first kappa shape index (κ1) is 20.0. The van der Waals surface area contributed by atoms with Gasteiger partial charge in [0.2, 0.25) is 0 Å². The lowest BCUT2D eigenvalue weighted by Crippen LogP contribution is -2.42. The molecule has 1 heterocycles. The molecule has 136 valence electrons. The minimum Gasteiger partial charge on any atom is -0.444 e. The fraction of sp³-hybridized carbons (Fsp3) is 0.688. The number of aliphatic hydroxyl groups excluding tert-OH is 1. The van der Waals surface area contributed by atoms with Crippen molar-refractivity contribution in [2.24, 2.45) is 0 Å². The van der Waals surface area contributed by atoms with Crippen LogP contribution in [0.3, 0.4) is 0 Å². The molecule has 0 aromatic carbocycles. The van der Waals surface area contributed by atoms with Gasteiger partial charge >= 0.3 is 12.2 Å². The van der Waals surface area contributed by atoms with E-state index in [1.165, 1.54) is 17.1 Å². The van der Waals surface area contributed by atoms with Gasteiger partial charge in [-0.05, 0) is 41.5 Å². The number of hydrogen-bond acceptors (Lipinski definition) is 6. The molecule has 0 saturated heterocycles. The number of imidazole rings is 1. The highest BCUT2D eigenvalue weighted by molar-refractivity contribution is 5.71. The Morgan fingerprint density at radius 1 is 1.21 bits per heavy atom. The average Bonchev–Trinajstić information content (AvgIpc) is 2.81. The van der Waals surface area contributed by atoms with Crippen LogP contribution < -0.4 is 5.32 Å². The highest BCUT2D eigenvalue weighted by Crippen LogP contribution is 2.12. The minimum atomic E-state index is -0.637. The maximum atomic E-state index is 12.1. The molecule has 8 heteroatoms. The van der Waals surface area contributed by atoms with Crippen molar-refractivity contribution in [1.29, 1.82) is 0 Å². The number of carbonyl (C=O) groups excluding carboxylic acids is 2. The zero-order valence-corrected chi connectivity index (χ0v) is 15.1. The van der Waals surface area contributed by atoms with E-state index in [1.807, 2.05) is 0 Å². The van der Waals surface area contributed by atoms with Crippen molar-refractivity contribution in [3.63, 3.8) is 0 Å². The monoisotopic (exact) mass is 341 g/mol. The SMILES string of the molecule is CC(C)(C)OC(=O)NC(CO)Cc1cncn1C(=O)OC(C)(C)C. The molecule has 1 atom stereocenters. The molecule has 1 amide bonds. The number of carbonyl (C=O) groups is 2. The van der Waals surface area contributed by atoms with Crippen LogP contribution in [0.5, 0.6) is 0 Å². The quantitative estimate of drug-likeness (QED) is 0.869. The van der Waals surface area contributed by atoms with Crippen LogP contribution in [0.4, 0.5) is 9.59 Å². The summed E-state index contributed by atoms with van der Waals surface area (Å²) in [4.78, 5) is 27.9. The first-order valence-corrected chi connectivity index (χ1v) is 7.76. The predicted molar refractivity (Wildman–Crippen MR) is 87.8 cm³/mol. The van der Waals surface area contributed by atoms with Crippen molar-refractivity contribution in [2.75, 3.05) is 6.61 Å². The van der Waals surface area contributed by atoms with Crippen LogP contribution in [0.15, 0.2) is 12.5 Å². The van der Waals surface area contributed by atoms with Crippen molar-refractivity contribution in [3.8, 4) is 0 Å². The number of aliphatic hydroxyl groups is 1. The molecule has 0 radical (unpaired) electrons. The van der Waals surface area contributed by atoms with Gasteiger partial charge in [-0.1, -0.05) is 0 Å². The molecule has 1 unspecified atom stereocenters. The second-order valence-electron chi connectivity index (χ2n) is 7.47. The normalized spacial score (nSPS) is 13.3. The topological polar surface area (TPSA) is 103 Å². The molecule has 0 aliphatic rings. The Labute approximate surface area is 142 Å². The summed E-state index contributed by atoms with van der Waals surface area (Å²) in [6, 6.07) is -0.613. The number of nitrogens with one attached hydrogen (secondary N) is 1. The van der Waals surface area contributed by atoms with E-state index in [1.54, 1.807) is 41.5 Å². The first-order chi connectivity index (χ1) is 10.9. The Hall–Kier alpha value is -2.09. The summed E-state index contributed by atoms with van der Waals surface area (Å²) >= 11 is 0. The first-order valence-electron chi connectivity index (χ1n) is 7.76. The largest absolute Gasteiger partial charge is 0.444 e. The van der Waals surface area contributed by atoms with Crippen molar-refractivity contribution in [3.05, 3.63) is 18.2 Å². The summed E-state index contributed by atoms with van der Waals surface area (Å²) in [6.45, 7) is 10.2. The van der Waals surface area contributed by atoms with Gasteiger partial charge in [-0.2, -0.15) is 0 Å². The highest BCUT2D eigenvalue weighted by atomic mass is 16.6. The summed E-state index contributed by atoms with van der Waals surface area (Å²) in [5, 5.41) is 12.0. The maximum absolute atomic E-state index is 12.1. The molecule has 0 spiro atoms. The summed E-state index contributed by atoms with van der Waals surface area (Å²) in [5.74, 6) is 0. The van der Waals surface area contributed by atoms with Crippen LogP contribution in [0, 0.1) is 0 Å². The van der Waals surface area contributed by atoms with Gasteiger partial charge in [-0.25, -0.2) is 19.1 Å². The molecule has 24 heavy (non-hydrogen) atoms. The highest BCUT2D eigenvalue weighted by Gasteiger charge is 2.23. The zero-order valence-electron chi connectivity index (χ0n) is 15.1. The van der Waals surface area contributed by atoms with Gasteiger partial charge in [-0.3, -0.25) is 0 Å². The van der Waals surface area contributed by atoms with Crippen LogP contribution in [0.25, 0.3) is 0 Å². The van der Waals surface area contributed by atoms with Crippen LogP contribution >= 0.6 is 0 Å².